The first-order valence-corrected chi connectivity index (χ1v) is 4.46. The second kappa shape index (κ2) is 4.97. The molecule has 0 fully saturated rings. The van der Waals surface area contributed by atoms with Crippen LogP contribution in [0.15, 0.2) is 18.3 Å². The predicted octanol–water partition coefficient (Wildman–Crippen LogP) is 1.71. The molecule has 1 aromatic rings. The lowest BCUT2D eigenvalue weighted by Crippen LogP contribution is -2.22. The summed E-state index contributed by atoms with van der Waals surface area (Å²) >= 11 is 0. The third-order valence-corrected chi connectivity index (χ3v) is 1.80. The maximum atomic E-state index is 11.8. The molecule has 3 nitrogen and oxygen atoms in total. The largest absolute Gasteiger partial charge is 0.397 e. The Morgan fingerprint density at radius 2 is 2.13 bits per heavy atom. The van der Waals surface area contributed by atoms with Crippen LogP contribution in [0, 0.1) is 0 Å². The van der Waals surface area contributed by atoms with Crippen LogP contribution in [0.2, 0.25) is 0 Å². The number of hydrogen-bond donors (Lipinski definition) is 2. The highest BCUT2D eigenvalue weighted by Crippen LogP contribution is 2.18. The smallest absolute Gasteiger partial charge is 0.390 e. The maximum absolute atomic E-state index is 11.8. The van der Waals surface area contributed by atoms with E-state index in [0.717, 1.165) is 0 Å². The molecule has 6 heteroatoms. The average molecular weight is 219 g/mol. The Morgan fingerprint density at radius 3 is 2.73 bits per heavy atom. The summed E-state index contributed by atoms with van der Waals surface area (Å²) in [6, 6.07) is 3.34. The van der Waals surface area contributed by atoms with Gasteiger partial charge in [0.05, 0.1) is 17.8 Å². The number of rotatable bonds is 4. The van der Waals surface area contributed by atoms with Crippen molar-refractivity contribution >= 4 is 5.69 Å². The van der Waals surface area contributed by atoms with Crippen LogP contribution >= 0.6 is 0 Å². The van der Waals surface area contributed by atoms with Crippen molar-refractivity contribution in [2.75, 3.05) is 12.3 Å². The van der Waals surface area contributed by atoms with Gasteiger partial charge in [-0.15, -0.1) is 0 Å². The molecule has 3 N–H and O–H groups in total. The summed E-state index contributed by atoms with van der Waals surface area (Å²) in [5.41, 5.74) is 6.62. The van der Waals surface area contributed by atoms with E-state index >= 15 is 0 Å². The van der Waals surface area contributed by atoms with E-state index in [1.807, 2.05) is 0 Å². The van der Waals surface area contributed by atoms with Crippen molar-refractivity contribution in [2.24, 2.45) is 0 Å². The molecule has 0 saturated carbocycles. The van der Waals surface area contributed by atoms with Crippen LogP contribution in [0.3, 0.4) is 0 Å². The molecule has 1 heterocycles. The first kappa shape index (κ1) is 11.8. The van der Waals surface area contributed by atoms with Crippen LogP contribution in [0.1, 0.15) is 12.1 Å². The number of pyridine rings is 1. The summed E-state index contributed by atoms with van der Waals surface area (Å²) in [4.78, 5) is 3.94. The van der Waals surface area contributed by atoms with Gasteiger partial charge in [-0.2, -0.15) is 13.2 Å². The zero-order valence-corrected chi connectivity index (χ0v) is 8.01. The normalized spacial score (nSPS) is 11.7. The Morgan fingerprint density at radius 1 is 1.40 bits per heavy atom. The van der Waals surface area contributed by atoms with Crippen LogP contribution in [0.4, 0.5) is 18.9 Å². The zero-order chi connectivity index (χ0) is 11.3. The second-order valence-corrected chi connectivity index (χ2v) is 3.08. The minimum absolute atomic E-state index is 0.125. The second-order valence-electron chi connectivity index (χ2n) is 3.08. The molecular formula is C9H12F3N3. The number of nitrogens with zero attached hydrogens (tertiary/aromatic N) is 1. The molecule has 0 spiro atoms. The summed E-state index contributed by atoms with van der Waals surface area (Å²) in [5.74, 6) is 0. The summed E-state index contributed by atoms with van der Waals surface area (Å²) in [5, 5.41) is 2.64. The highest BCUT2D eigenvalue weighted by Gasteiger charge is 2.25. The topological polar surface area (TPSA) is 50.9 Å². The Labute approximate surface area is 85.5 Å². The summed E-state index contributed by atoms with van der Waals surface area (Å²) in [6.07, 6.45) is -3.42. The van der Waals surface area contributed by atoms with Crippen molar-refractivity contribution in [3.05, 3.63) is 24.0 Å². The third kappa shape index (κ3) is 4.64. The molecular weight excluding hydrogens is 207 g/mol. The first-order valence-electron chi connectivity index (χ1n) is 4.46. The number of hydrogen-bond acceptors (Lipinski definition) is 3. The fraction of sp³-hybridized carbons (Fsp3) is 0.444. The molecule has 0 amide bonds. The molecule has 0 saturated heterocycles. The number of aromatic nitrogens is 1. The molecule has 15 heavy (non-hydrogen) atoms. The van der Waals surface area contributed by atoms with Crippen molar-refractivity contribution in [3.63, 3.8) is 0 Å². The van der Waals surface area contributed by atoms with Crippen molar-refractivity contribution in [1.29, 1.82) is 0 Å². The van der Waals surface area contributed by atoms with E-state index in [-0.39, 0.29) is 13.1 Å². The fourth-order valence-corrected chi connectivity index (χ4v) is 1.04. The van der Waals surface area contributed by atoms with Crippen LogP contribution in [-0.4, -0.2) is 17.7 Å². The summed E-state index contributed by atoms with van der Waals surface area (Å²) in [7, 11) is 0. The van der Waals surface area contributed by atoms with E-state index in [1.165, 1.54) is 0 Å². The number of anilines is 1. The Balaban J connectivity index is 2.30. The zero-order valence-electron chi connectivity index (χ0n) is 8.01. The minimum atomic E-state index is -4.12. The molecule has 0 aromatic carbocycles. The molecule has 0 aliphatic carbocycles. The van der Waals surface area contributed by atoms with Gasteiger partial charge >= 0.3 is 6.18 Å². The van der Waals surface area contributed by atoms with Gasteiger partial charge in [0.1, 0.15) is 0 Å². The lowest BCUT2D eigenvalue weighted by molar-refractivity contribution is -0.133. The number of nitrogen functional groups attached to an aromatic ring is 1. The van der Waals surface area contributed by atoms with Crippen LogP contribution < -0.4 is 11.1 Å². The monoisotopic (exact) mass is 219 g/mol. The van der Waals surface area contributed by atoms with Crippen LogP contribution in [-0.2, 0) is 6.54 Å². The maximum Gasteiger partial charge on any atom is 0.390 e. The lowest BCUT2D eigenvalue weighted by Gasteiger charge is -2.08. The van der Waals surface area contributed by atoms with E-state index < -0.39 is 12.6 Å². The number of nitrogens with two attached hydrogens (primary N) is 1. The minimum Gasteiger partial charge on any atom is -0.397 e. The molecule has 0 aliphatic heterocycles. The van der Waals surface area contributed by atoms with Gasteiger partial charge in [-0.1, -0.05) is 0 Å². The average Bonchev–Trinajstić information content (AvgIpc) is 2.13. The first-order chi connectivity index (χ1) is 6.99. The number of alkyl halides is 3. The van der Waals surface area contributed by atoms with Gasteiger partial charge in [-0.05, 0) is 12.1 Å². The molecule has 0 radical (unpaired) electrons. The molecule has 84 valence electrons. The molecule has 1 rings (SSSR count). The summed E-state index contributed by atoms with van der Waals surface area (Å²) < 4.78 is 35.3. The van der Waals surface area contributed by atoms with Crippen molar-refractivity contribution in [2.45, 2.75) is 19.1 Å². The molecule has 0 bridgehead atoms. The molecule has 0 aliphatic rings. The predicted molar refractivity (Wildman–Crippen MR) is 51.0 cm³/mol. The number of nitrogens with one attached hydrogen (secondary N) is 1. The van der Waals surface area contributed by atoms with E-state index in [9.17, 15) is 13.2 Å². The number of halogens is 3. The Hall–Kier alpha value is -1.30. The van der Waals surface area contributed by atoms with Gasteiger partial charge in [0.15, 0.2) is 0 Å². The quantitative estimate of drug-likeness (QED) is 0.758. The van der Waals surface area contributed by atoms with E-state index in [4.69, 9.17) is 5.73 Å². The van der Waals surface area contributed by atoms with E-state index in [1.54, 1.807) is 18.3 Å². The Kier molecular flexibility index (Phi) is 3.90. The van der Waals surface area contributed by atoms with Gasteiger partial charge in [-0.25, -0.2) is 0 Å². The van der Waals surface area contributed by atoms with E-state index in [2.05, 4.69) is 10.3 Å². The highest BCUT2D eigenvalue weighted by atomic mass is 19.4. The third-order valence-electron chi connectivity index (χ3n) is 1.80. The highest BCUT2D eigenvalue weighted by molar-refractivity contribution is 5.41. The molecule has 1 aromatic heterocycles. The Bertz CT molecular complexity index is 312. The van der Waals surface area contributed by atoms with Crippen molar-refractivity contribution in [3.8, 4) is 0 Å². The van der Waals surface area contributed by atoms with Gasteiger partial charge in [0.25, 0.3) is 0 Å². The lowest BCUT2D eigenvalue weighted by atomic mass is 10.3. The van der Waals surface area contributed by atoms with Crippen LogP contribution in [0.25, 0.3) is 0 Å². The molecule has 0 unspecified atom stereocenters. The fourth-order valence-electron chi connectivity index (χ4n) is 1.04. The van der Waals surface area contributed by atoms with Gasteiger partial charge < -0.3 is 11.1 Å². The van der Waals surface area contributed by atoms with E-state index in [0.29, 0.717) is 11.4 Å². The van der Waals surface area contributed by atoms with Gasteiger partial charge in [0, 0.05) is 19.3 Å². The van der Waals surface area contributed by atoms with Crippen molar-refractivity contribution in [1.82, 2.24) is 10.3 Å². The van der Waals surface area contributed by atoms with Crippen molar-refractivity contribution < 1.29 is 13.2 Å². The van der Waals surface area contributed by atoms with Gasteiger partial charge in [0.2, 0.25) is 0 Å². The molecule has 0 atom stereocenters. The SMILES string of the molecule is Nc1cccnc1CNCCC(F)(F)F. The summed E-state index contributed by atoms with van der Waals surface area (Å²) in [6.45, 7) is 0.127. The van der Waals surface area contributed by atoms with Gasteiger partial charge in [-0.3, -0.25) is 4.98 Å². The standard InChI is InChI=1S/C9H12F3N3/c10-9(11,12)3-5-14-6-8-7(13)2-1-4-15-8/h1-2,4,14H,3,5-6,13H2. The van der Waals surface area contributed by atoms with Crippen LogP contribution in [0.5, 0.6) is 0 Å².